The van der Waals surface area contributed by atoms with Crippen LogP contribution in [-0.4, -0.2) is 15.9 Å². The van der Waals surface area contributed by atoms with E-state index >= 15 is 0 Å². The van der Waals surface area contributed by atoms with Crippen molar-refractivity contribution in [1.82, 2.24) is 9.97 Å². The number of benzene rings is 1. The number of nitrogens with one attached hydrogen (secondary N) is 1. The molecule has 0 unspecified atom stereocenters. The van der Waals surface area contributed by atoms with Crippen molar-refractivity contribution in [2.24, 2.45) is 0 Å². The Balaban J connectivity index is 2.04. The molecule has 0 atom stereocenters. The predicted octanol–water partition coefficient (Wildman–Crippen LogP) is 3.95. The van der Waals surface area contributed by atoms with Gasteiger partial charge in [-0.05, 0) is 43.3 Å². The lowest BCUT2D eigenvalue weighted by Gasteiger charge is -2.10. The van der Waals surface area contributed by atoms with Gasteiger partial charge in [0.25, 0.3) is 5.91 Å². The van der Waals surface area contributed by atoms with E-state index in [0.29, 0.717) is 5.56 Å². The number of amides is 1. The summed E-state index contributed by atoms with van der Waals surface area (Å²) in [5.74, 6) is -0.185. The molecular formula is C16H12BrN3O. The molecule has 0 aliphatic heterocycles. The van der Waals surface area contributed by atoms with Crippen LogP contribution in [0.1, 0.15) is 16.1 Å². The van der Waals surface area contributed by atoms with Gasteiger partial charge < -0.3 is 5.32 Å². The molecule has 0 saturated carbocycles. The van der Waals surface area contributed by atoms with Gasteiger partial charge in [-0.1, -0.05) is 15.9 Å². The fraction of sp³-hybridized carbons (Fsp3) is 0.0625. The summed E-state index contributed by atoms with van der Waals surface area (Å²) >= 11 is 3.45. The first-order valence-electron chi connectivity index (χ1n) is 6.42. The van der Waals surface area contributed by atoms with Gasteiger partial charge in [-0.25, -0.2) is 0 Å². The Morgan fingerprint density at radius 3 is 2.86 bits per heavy atom. The Kier molecular flexibility index (Phi) is 3.66. The molecule has 1 amide bonds. The molecule has 1 N–H and O–H groups in total. The Labute approximate surface area is 130 Å². The summed E-state index contributed by atoms with van der Waals surface area (Å²) in [5, 5.41) is 3.83. The van der Waals surface area contributed by atoms with Crippen LogP contribution in [0.2, 0.25) is 0 Å². The third-order valence-corrected chi connectivity index (χ3v) is 3.56. The average molecular weight is 342 g/mol. The zero-order chi connectivity index (χ0) is 14.8. The molecule has 0 spiro atoms. The van der Waals surface area contributed by atoms with Crippen LogP contribution in [0.15, 0.2) is 53.3 Å². The van der Waals surface area contributed by atoms with Crippen molar-refractivity contribution in [2.75, 3.05) is 5.32 Å². The van der Waals surface area contributed by atoms with Crippen molar-refractivity contribution < 1.29 is 4.79 Å². The number of pyridine rings is 2. The van der Waals surface area contributed by atoms with Crippen molar-refractivity contribution in [3.8, 4) is 0 Å². The number of rotatable bonds is 2. The number of aromatic nitrogens is 2. The highest BCUT2D eigenvalue weighted by molar-refractivity contribution is 9.10. The molecule has 2 aromatic heterocycles. The minimum Gasteiger partial charge on any atom is -0.321 e. The minimum absolute atomic E-state index is 0.185. The number of fused-ring (bicyclic) bond motifs is 1. The average Bonchev–Trinajstić information content (AvgIpc) is 2.49. The lowest BCUT2D eigenvalue weighted by atomic mass is 10.1. The van der Waals surface area contributed by atoms with E-state index in [9.17, 15) is 4.79 Å². The van der Waals surface area contributed by atoms with Gasteiger partial charge in [0.1, 0.15) is 0 Å². The Hall–Kier alpha value is -2.27. The Bertz CT molecular complexity index is 818. The van der Waals surface area contributed by atoms with E-state index < -0.39 is 0 Å². The summed E-state index contributed by atoms with van der Waals surface area (Å²) in [6, 6.07) is 11.1. The second kappa shape index (κ2) is 5.61. The molecule has 0 fully saturated rings. The van der Waals surface area contributed by atoms with E-state index in [-0.39, 0.29) is 5.91 Å². The molecule has 1 aromatic carbocycles. The molecule has 0 radical (unpaired) electrons. The largest absolute Gasteiger partial charge is 0.321 e. The summed E-state index contributed by atoms with van der Waals surface area (Å²) in [6.45, 7) is 1.90. The van der Waals surface area contributed by atoms with Crippen molar-refractivity contribution >= 4 is 38.4 Å². The number of nitrogens with zero attached hydrogens (tertiary/aromatic N) is 2. The highest BCUT2D eigenvalue weighted by Crippen LogP contribution is 2.26. The maximum atomic E-state index is 12.3. The zero-order valence-corrected chi connectivity index (χ0v) is 12.9. The molecule has 3 aromatic rings. The van der Waals surface area contributed by atoms with Gasteiger partial charge >= 0.3 is 0 Å². The fourth-order valence-electron chi connectivity index (χ4n) is 2.13. The standard InChI is InChI=1S/C16H12BrN3O/c1-10-7-15(13-8-12(17)4-5-14(13)19-10)20-16(21)11-3-2-6-18-9-11/h2-9H,1H3,(H,19,20,21). The predicted molar refractivity (Wildman–Crippen MR) is 86.4 cm³/mol. The molecule has 0 aliphatic rings. The second-order valence-electron chi connectivity index (χ2n) is 4.67. The number of anilines is 1. The lowest BCUT2D eigenvalue weighted by molar-refractivity contribution is 0.102. The van der Waals surface area contributed by atoms with Crippen molar-refractivity contribution in [1.29, 1.82) is 0 Å². The first kappa shape index (κ1) is 13.7. The van der Waals surface area contributed by atoms with Crippen LogP contribution in [0, 0.1) is 6.92 Å². The maximum Gasteiger partial charge on any atom is 0.257 e. The number of hydrogen-bond acceptors (Lipinski definition) is 3. The van der Waals surface area contributed by atoms with Gasteiger partial charge in [0.2, 0.25) is 0 Å². The second-order valence-corrected chi connectivity index (χ2v) is 5.58. The van der Waals surface area contributed by atoms with E-state index in [0.717, 1.165) is 26.8 Å². The molecule has 0 bridgehead atoms. The van der Waals surface area contributed by atoms with E-state index in [1.807, 2.05) is 31.2 Å². The van der Waals surface area contributed by atoms with Crippen LogP contribution in [-0.2, 0) is 0 Å². The van der Waals surface area contributed by atoms with E-state index in [1.165, 1.54) is 0 Å². The number of carbonyl (C=O) groups is 1. The van der Waals surface area contributed by atoms with Crippen LogP contribution in [0.5, 0.6) is 0 Å². The Morgan fingerprint density at radius 2 is 2.10 bits per heavy atom. The van der Waals surface area contributed by atoms with Crippen molar-refractivity contribution in [3.05, 3.63) is 64.5 Å². The van der Waals surface area contributed by atoms with Crippen LogP contribution >= 0.6 is 15.9 Å². The monoisotopic (exact) mass is 341 g/mol. The van der Waals surface area contributed by atoms with Gasteiger partial charge in [-0.2, -0.15) is 0 Å². The molecule has 4 nitrogen and oxygen atoms in total. The van der Waals surface area contributed by atoms with E-state index in [2.05, 4.69) is 31.2 Å². The molecular weight excluding hydrogens is 330 g/mol. The highest BCUT2D eigenvalue weighted by atomic mass is 79.9. The molecule has 3 rings (SSSR count). The molecule has 0 saturated heterocycles. The minimum atomic E-state index is -0.185. The first-order valence-corrected chi connectivity index (χ1v) is 7.21. The van der Waals surface area contributed by atoms with Crippen LogP contribution < -0.4 is 5.32 Å². The maximum absolute atomic E-state index is 12.3. The first-order chi connectivity index (χ1) is 10.1. The molecule has 21 heavy (non-hydrogen) atoms. The van der Waals surface area contributed by atoms with Crippen molar-refractivity contribution in [2.45, 2.75) is 6.92 Å². The normalized spacial score (nSPS) is 10.6. The number of aryl methyl sites for hydroxylation is 1. The zero-order valence-electron chi connectivity index (χ0n) is 11.3. The summed E-state index contributed by atoms with van der Waals surface area (Å²) in [5.41, 5.74) is 2.97. The number of halogens is 1. The lowest BCUT2D eigenvalue weighted by Crippen LogP contribution is -2.12. The quantitative estimate of drug-likeness (QED) is 0.767. The van der Waals surface area contributed by atoms with Gasteiger partial charge in [0, 0.05) is 27.9 Å². The van der Waals surface area contributed by atoms with Crippen LogP contribution in [0.3, 0.4) is 0 Å². The number of carbonyl (C=O) groups excluding carboxylic acids is 1. The van der Waals surface area contributed by atoms with E-state index in [4.69, 9.17) is 0 Å². The highest BCUT2D eigenvalue weighted by Gasteiger charge is 2.10. The number of hydrogen-bond donors (Lipinski definition) is 1. The summed E-state index contributed by atoms with van der Waals surface area (Å²) in [6.07, 6.45) is 3.18. The van der Waals surface area contributed by atoms with Gasteiger partial charge in [0.05, 0.1) is 16.8 Å². The topological polar surface area (TPSA) is 54.9 Å². The van der Waals surface area contributed by atoms with Gasteiger partial charge in [-0.3, -0.25) is 14.8 Å². The fourth-order valence-corrected chi connectivity index (χ4v) is 2.49. The van der Waals surface area contributed by atoms with Gasteiger partial charge in [-0.15, -0.1) is 0 Å². The van der Waals surface area contributed by atoms with Crippen LogP contribution in [0.4, 0.5) is 5.69 Å². The van der Waals surface area contributed by atoms with Crippen LogP contribution in [0.25, 0.3) is 10.9 Å². The van der Waals surface area contributed by atoms with E-state index in [1.54, 1.807) is 24.5 Å². The molecule has 5 heteroatoms. The Morgan fingerprint density at radius 1 is 1.24 bits per heavy atom. The molecule has 104 valence electrons. The molecule has 0 aliphatic carbocycles. The van der Waals surface area contributed by atoms with Gasteiger partial charge in [0.15, 0.2) is 0 Å². The summed E-state index contributed by atoms with van der Waals surface area (Å²) < 4.78 is 0.942. The third-order valence-electron chi connectivity index (χ3n) is 3.07. The molecule has 2 heterocycles. The summed E-state index contributed by atoms with van der Waals surface area (Å²) in [7, 11) is 0. The third kappa shape index (κ3) is 2.92. The summed E-state index contributed by atoms with van der Waals surface area (Å²) in [4.78, 5) is 20.7. The smallest absolute Gasteiger partial charge is 0.257 e. The van der Waals surface area contributed by atoms with Crippen molar-refractivity contribution in [3.63, 3.8) is 0 Å². The SMILES string of the molecule is Cc1cc(NC(=O)c2cccnc2)c2cc(Br)ccc2n1.